The summed E-state index contributed by atoms with van der Waals surface area (Å²) in [7, 11) is 0. The number of aromatic nitrogens is 2. The Labute approximate surface area is 127 Å². The van der Waals surface area contributed by atoms with Gasteiger partial charge in [0, 0.05) is 12.7 Å². The predicted octanol–water partition coefficient (Wildman–Crippen LogP) is 3.64. The van der Waals surface area contributed by atoms with Crippen LogP contribution in [-0.4, -0.2) is 27.2 Å². The number of anilines is 1. The summed E-state index contributed by atoms with van der Waals surface area (Å²) in [6, 6.07) is 0. The van der Waals surface area contributed by atoms with E-state index in [1.165, 1.54) is 0 Å². The molecule has 19 heavy (non-hydrogen) atoms. The van der Waals surface area contributed by atoms with Crippen LogP contribution in [-0.2, 0) is 0 Å². The topological polar surface area (TPSA) is 58.0 Å². The highest BCUT2D eigenvalue weighted by molar-refractivity contribution is 9.10. The molecule has 0 aromatic carbocycles. The van der Waals surface area contributed by atoms with E-state index in [1.807, 2.05) is 0 Å². The Balaban J connectivity index is 1.97. The third-order valence-corrected chi connectivity index (χ3v) is 4.60. The lowest BCUT2D eigenvalue weighted by Gasteiger charge is -2.40. The van der Waals surface area contributed by atoms with Crippen molar-refractivity contribution >= 4 is 33.3 Å². The maximum Gasteiger partial charge on any atom is 0.224 e. The average molecular weight is 349 g/mol. The first-order valence-corrected chi connectivity index (χ1v) is 7.61. The highest BCUT2D eigenvalue weighted by Gasteiger charge is 2.36. The molecule has 0 amide bonds. The van der Waals surface area contributed by atoms with Gasteiger partial charge in [-0.1, -0.05) is 13.8 Å². The molecule has 0 saturated heterocycles. The Morgan fingerprint density at radius 3 is 2.63 bits per heavy atom. The Kier molecular flexibility index (Phi) is 4.38. The third-order valence-electron chi connectivity index (χ3n) is 3.83. The van der Waals surface area contributed by atoms with Crippen LogP contribution in [0.4, 0.5) is 5.82 Å². The van der Waals surface area contributed by atoms with E-state index in [-0.39, 0.29) is 5.28 Å². The van der Waals surface area contributed by atoms with Crippen molar-refractivity contribution in [2.24, 2.45) is 5.41 Å². The van der Waals surface area contributed by atoms with Crippen LogP contribution in [0.15, 0.2) is 10.7 Å². The van der Waals surface area contributed by atoms with E-state index in [9.17, 15) is 5.11 Å². The minimum absolute atomic E-state index is 0.197. The van der Waals surface area contributed by atoms with E-state index >= 15 is 0 Å². The van der Waals surface area contributed by atoms with Gasteiger partial charge in [-0.15, -0.1) is 0 Å². The largest absolute Gasteiger partial charge is 0.388 e. The van der Waals surface area contributed by atoms with E-state index < -0.39 is 5.60 Å². The van der Waals surface area contributed by atoms with E-state index in [4.69, 9.17) is 11.6 Å². The summed E-state index contributed by atoms with van der Waals surface area (Å²) >= 11 is 9.13. The lowest BCUT2D eigenvalue weighted by atomic mass is 9.71. The molecule has 1 heterocycles. The second-order valence-electron chi connectivity index (χ2n) is 6.08. The minimum Gasteiger partial charge on any atom is -0.388 e. The van der Waals surface area contributed by atoms with Crippen molar-refractivity contribution in [3.8, 4) is 0 Å². The molecule has 1 aromatic heterocycles. The molecular formula is C13H19BrClN3O. The van der Waals surface area contributed by atoms with Crippen molar-refractivity contribution in [1.29, 1.82) is 0 Å². The van der Waals surface area contributed by atoms with Gasteiger partial charge in [0.05, 0.1) is 10.1 Å². The molecule has 0 bridgehead atoms. The Morgan fingerprint density at radius 1 is 1.37 bits per heavy atom. The van der Waals surface area contributed by atoms with Gasteiger partial charge in [-0.3, -0.25) is 0 Å². The van der Waals surface area contributed by atoms with E-state index in [0.717, 1.165) is 30.2 Å². The molecule has 4 nitrogen and oxygen atoms in total. The minimum atomic E-state index is -0.660. The molecule has 1 aliphatic carbocycles. The van der Waals surface area contributed by atoms with Gasteiger partial charge in [0.15, 0.2) is 0 Å². The smallest absolute Gasteiger partial charge is 0.224 e. The van der Waals surface area contributed by atoms with Crippen molar-refractivity contribution in [2.75, 3.05) is 11.9 Å². The molecule has 1 aliphatic rings. The highest BCUT2D eigenvalue weighted by Crippen LogP contribution is 2.40. The van der Waals surface area contributed by atoms with E-state index in [0.29, 0.717) is 17.8 Å². The average Bonchev–Trinajstić information content (AvgIpc) is 2.35. The number of hydrogen-bond donors (Lipinski definition) is 2. The van der Waals surface area contributed by atoms with Crippen LogP contribution < -0.4 is 5.32 Å². The van der Waals surface area contributed by atoms with E-state index in [1.54, 1.807) is 6.20 Å². The third kappa shape index (κ3) is 4.04. The molecule has 2 N–H and O–H groups in total. The maximum absolute atomic E-state index is 10.6. The lowest BCUT2D eigenvalue weighted by molar-refractivity contribution is -0.0146. The van der Waals surface area contributed by atoms with Crippen molar-refractivity contribution in [3.63, 3.8) is 0 Å². The van der Waals surface area contributed by atoms with Crippen molar-refractivity contribution in [2.45, 2.75) is 45.1 Å². The molecule has 106 valence electrons. The fourth-order valence-electron chi connectivity index (χ4n) is 2.29. The number of rotatable bonds is 3. The summed E-state index contributed by atoms with van der Waals surface area (Å²) in [5.41, 5.74) is -0.322. The maximum atomic E-state index is 10.6. The Hall–Kier alpha value is -0.390. The Bertz CT molecular complexity index is 457. The molecule has 1 aromatic rings. The molecule has 6 heteroatoms. The summed E-state index contributed by atoms with van der Waals surface area (Å²) in [4.78, 5) is 7.98. The Morgan fingerprint density at radius 2 is 2.00 bits per heavy atom. The van der Waals surface area contributed by atoms with Crippen LogP contribution in [0.2, 0.25) is 5.28 Å². The predicted molar refractivity (Wildman–Crippen MR) is 80.4 cm³/mol. The fraction of sp³-hybridized carbons (Fsp3) is 0.692. The molecule has 0 aliphatic heterocycles. The number of nitrogens with one attached hydrogen (secondary N) is 1. The zero-order valence-electron chi connectivity index (χ0n) is 11.2. The number of halogens is 2. The normalized spacial score (nSPS) is 21.1. The monoisotopic (exact) mass is 347 g/mol. The van der Waals surface area contributed by atoms with Crippen LogP contribution in [0.3, 0.4) is 0 Å². The van der Waals surface area contributed by atoms with Gasteiger partial charge in [-0.2, -0.15) is 4.98 Å². The van der Waals surface area contributed by atoms with Crippen LogP contribution in [0.25, 0.3) is 0 Å². The summed E-state index contributed by atoms with van der Waals surface area (Å²) in [6.45, 7) is 4.98. The van der Waals surface area contributed by atoms with Crippen LogP contribution in [0.1, 0.15) is 39.5 Å². The summed E-state index contributed by atoms with van der Waals surface area (Å²) in [6.07, 6.45) is 5.30. The van der Waals surface area contributed by atoms with Gasteiger partial charge < -0.3 is 10.4 Å². The van der Waals surface area contributed by atoms with Gasteiger partial charge in [0.25, 0.3) is 0 Å². The molecule has 0 unspecified atom stereocenters. The van der Waals surface area contributed by atoms with Crippen molar-refractivity contribution in [1.82, 2.24) is 9.97 Å². The first-order valence-electron chi connectivity index (χ1n) is 6.44. The first kappa shape index (κ1) is 15.0. The second-order valence-corrected chi connectivity index (χ2v) is 7.27. The van der Waals surface area contributed by atoms with Gasteiger partial charge in [0.1, 0.15) is 5.82 Å². The number of aliphatic hydroxyl groups is 1. The van der Waals surface area contributed by atoms with E-state index in [2.05, 4.69) is 45.1 Å². The zero-order chi connectivity index (χ0) is 14.1. The second kappa shape index (κ2) is 5.54. The number of nitrogens with zero attached hydrogens (tertiary/aromatic N) is 2. The quantitative estimate of drug-likeness (QED) is 0.819. The standard InChI is InChI=1S/C13H19BrClN3O/c1-12(2)3-5-13(19,6-4-12)8-17-10-9(14)7-16-11(15)18-10/h7,19H,3-6,8H2,1-2H3,(H,16,17,18). The van der Waals surface area contributed by atoms with Gasteiger partial charge in [-0.25, -0.2) is 4.98 Å². The van der Waals surface area contributed by atoms with Crippen LogP contribution >= 0.6 is 27.5 Å². The van der Waals surface area contributed by atoms with Gasteiger partial charge in [0.2, 0.25) is 5.28 Å². The van der Waals surface area contributed by atoms with Crippen LogP contribution in [0.5, 0.6) is 0 Å². The summed E-state index contributed by atoms with van der Waals surface area (Å²) in [5, 5.41) is 13.9. The van der Waals surface area contributed by atoms with Crippen molar-refractivity contribution in [3.05, 3.63) is 16.0 Å². The molecule has 1 saturated carbocycles. The van der Waals surface area contributed by atoms with Gasteiger partial charge in [-0.05, 0) is 58.6 Å². The molecule has 0 atom stereocenters. The molecule has 0 spiro atoms. The van der Waals surface area contributed by atoms with Crippen molar-refractivity contribution < 1.29 is 5.11 Å². The highest BCUT2D eigenvalue weighted by atomic mass is 79.9. The lowest BCUT2D eigenvalue weighted by Crippen LogP contribution is -2.42. The zero-order valence-corrected chi connectivity index (χ0v) is 13.6. The SMILES string of the molecule is CC1(C)CCC(O)(CNc2nc(Cl)ncc2Br)CC1. The molecule has 0 radical (unpaired) electrons. The molecule has 2 rings (SSSR count). The van der Waals surface area contributed by atoms with Gasteiger partial charge >= 0.3 is 0 Å². The fourth-order valence-corrected chi connectivity index (χ4v) is 2.75. The molecule has 1 fully saturated rings. The van der Waals surface area contributed by atoms with Crippen LogP contribution in [0, 0.1) is 5.41 Å². The first-order chi connectivity index (χ1) is 8.80. The summed E-state index contributed by atoms with van der Waals surface area (Å²) < 4.78 is 0.747. The number of hydrogen-bond acceptors (Lipinski definition) is 4. The summed E-state index contributed by atoms with van der Waals surface area (Å²) in [5.74, 6) is 0.623. The molecular weight excluding hydrogens is 330 g/mol.